The standard InChI is InChI=1S/C18H19ClN2O5S/c19-15-4-2-1-3-12(15)9-18(22)21-13-5-6-16(17(10-13)27(20,23)24)26-11-14-7-8-25-14/h1-6,10,14H,7-9,11H2,(H,21,22)(H2,20,23,24). The van der Waals surface area contributed by atoms with Crippen molar-refractivity contribution in [3.63, 3.8) is 0 Å². The molecule has 144 valence electrons. The first-order valence-corrected chi connectivity index (χ1v) is 10.2. The number of anilines is 1. The average Bonchev–Trinajstić information content (AvgIpc) is 2.55. The third kappa shape index (κ3) is 5.20. The molecule has 7 nitrogen and oxygen atoms in total. The van der Waals surface area contributed by atoms with Gasteiger partial charge in [0.05, 0.1) is 12.5 Å². The molecule has 1 fully saturated rings. The molecular weight excluding hydrogens is 392 g/mol. The van der Waals surface area contributed by atoms with Gasteiger partial charge in [-0.25, -0.2) is 13.6 Å². The monoisotopic (exact) mass is 410 g/mol. The van der Waals surface area contributed by atoms with Crippen molar-refractivity contribution < 1.29 is 22.7 Å². The summed E-state index contributed by atoms with van der Waals surface area (Å²) < 4.78 is 34.6. The summed E-state index contributed by atoms with van der Waals surface area (Å²) in [6.07, 6.45) is 0.871. The Kier molecular flexibility index (Phi) is 6.01. The predicted molar refractivity (Wildman–Crippen MR) is 101 cm³/mol. The van der Waals surface area contributed by atoms with E-state index in [4.69, 9.17) is 26.2 Å². The van der Waals surface area contributed by atoms with Crippen molar-refractivity contribution in [3.05, 3.63) is 53.1 Å². The van der Waals surface area contributed by atoms with Crippen LogP contribution in [0.2, 0.25) is 5.02 Å². The van der Waals surface area contributed by atoms with E-state index in [9.17, 15) is 13.2 Å². The molecule has 1 heterocycles. The van der Waals surface area contributed by atoms with E-state index in [1.54, 1.807) is 30.3 Å². The molecule has 0 aromatic heterocycles. The summed E-state index contributed by atoms with van der Waals surface area (Å²) >= 11 is 6.05. The smallest absolute Gasteiger partial charge is 0.241 e. The van der Waals surface area contributed by atoms with Gasteiger partial charge in [0.2, 0.25) is 15.9 Å². The van der Waals surface area contributed by atoms with Crippen LogP contribution >= 0.6 is 11.6 Å². The highest BCUT2D eigenvalue weighted by molar-refractivity contribution is 7.89. The summed E-state index contributed by atoms with van der Waals surface area (Å²) in [7, 11) is -4.03. The largest absolute Gasteiger partial charge is 0.489 e. The number of ether oxygens (including phenoxy) is 2. The van der Waals surface area contributed by atoms with E-state index in [1.165, 1.54) is 12.1 Å². The fourth-order valence-electron chi connectivity index (χ4n) is 2.55. The molecule has 1 amide bonds. The molecule has 0 radical (unpaired) electrons. The molecule has 0 spiro atoms. The quantitative estimate of drug-likeness (QED) is 0.728. The molecule has 1 saturated heterocycles. The molecule has 9 heteroatoms. The Bertz CT molecular complexity index is 945. The molecule has 1 aliphatic heterocycles. The fourth-order valence-corrected chi connectivity index (χ4v) is 3.45. The van der Waals surface area contributed by atoms with Crippen LogP contribution in [0.4, 0.5) is 5.69 Å². The topological polar surface area (TPSA) is 108 Å². The lowest BCUT2D eigenvalue weighted by molar-refractivity contribution is -0.115. The second-order valence-electron chi connectivity index (χ2n) is 6.12. The van der Waals surface area contributed by atoms with Gasteiger partial charge in [-0.15, -0.1) is 0 Å². The number of carbonyl (C=O) groups excluding carboxylic acids is 1. The molecule has 0 aliphatic carbocycles. The Balaban J connectivity index is 1.73. The number of hydrogen-bond donors (Lipinski definition) is 2. The minimum absolute atomic E-state index is 0.0478. The second kappa shape index (κ2) is 8.26. The number of nitrogens with two attached hydrogens (primary N) is 1. The number of primary sulfonamides is 1. The zero-order valence-corrected chi connectivity index (χ0v) is 15.9. The maximum atomic E-state index is 12.2. The van der Waals surface area contributed by atoms with Crippen molar-refractivity contribution in [2.45, 2.75) is 23.8 Å². The third-order valence-corrected chi connectivity index (χ3v) is 5.36. The molecule has 3 rings (SSSR count). The van der Waals surface area contributed by atoms with Gasteiger partial charge >= 0.3 is 0 Å². The van der Waals surface area contributed by atoms with Gasteiger partial charge in [0.15, 0.2) is 0 Å². The fraction of sp³-hybridized carbons (Fsp3) is 0.278. The molecule has 2 aromatic carbocycles. The number of carbonyl (C=O) groups is 1. The lowest BCUT2D eigenvalue weighted by Gasteiger charge is -2.26. The van der Waals surface area contributed by atoms with Crippen molar-refractivity contribution >= 4 is 33.2 Å². The Morgan fingerprint density at radius 1 is 1.30 bits per heavy atom. The van der Waals surface area contributed by atoms with E-state index < -0.39 is 10.0 Å². The molecule has 1 aliphatic rings. The van der Waals surface area contributed by atoms with Gasteiger partial charge in [-0.1, -0.05) is 29.8 Å². The van der Waals surface area contributed by atoms with Crippen LogP contribution in [0.3, 0.4) is 0 Å². The lowest BCUT2D eigenvalue weighted by Crippen LogP contribution is -2.32. The molecule has 1 atom stereocenters. The Hall–Kier alpha value is -2.13. The number of benzene rings is 2. The third-order valence-electron chi connectivity index (χ3n) is 4.06. The summed E-state index contributed by atoms with van der Waals surface area (Å²) in [5.41, 5.74) is 0.965. The Morgan fingerprint density at radius 2 is 2.04 bits per heavy atom. The van der Waals surface area contributed by atoms with Crippen molar-refractivity contribution in [1.29, 1.82) is 0 Å². The highest BCUT2D eigenvalue weighted by Crippen LogP contribution is 2.28. The molecule has 0 saturated carbocycles. The van der Waals surface area contributed by atoms with E-state index in [-0.39, 0.29) is 35.7 Å². The van der Waals surface area contributed by atoms with Gasteiger partial charge in [-0.05, 0) is 29.8 Å². The van der Waals surface area contributed by atoms with E-state index in [1.807, 2.05) is 0 Å². The van der Waals surface area contributed by atoms with Gasteiger partial charge in [0.1, 0.15) is 17.3 Å². The number of halogens is 1. The van der Waals surface area contributed by atoms with E-state index >= 15 is 0 Å². The van der Waals surface area contributed by atoms with Crippen LogP contribution < -0.4 is 15.2 Å². The summed E-state index contributed by atoms with van der Waals surface area (Å²) in [5.74, 6) is -0.211. The normalized spacial score (nSPS) is 16.4. The van der Waals surface area contributed by atoms with Gasteiger partial charge < -0.3 is 14.8 Å². The van der Waals surface area contributed by atoms with Crippen molar-refractivity contribution in [1.82, 2.24) is 0 Å². The summed E-state index contributed by atoms with van der Waals surface area (Å²) in [6, 6.07) is 11.3. The van der Waals surface area contributed by atoms with Crippen LogP contribution in [0.5, 0.6) is 5.75 Å². The SMILES string of the molecule is NS(=O)(=O)c1cc(NC(=O)Cc2ccccc2Cl)ccc1OCC1CCO1. The Labute approximate surface area is 162 Å². The molecule has 2 aromatic rings. The first-order valence-electron chi connectivity index (χ1n) is 8.27. The molecule has 3 N–H and O–H groups in total. The molecule has 27 heavy (non-hydrogen) atoms. The van der Waals surface area contributed by atoms with Gasteiger partial charge in [-0.3, -0.25) is 4.79 Å². The van der Waals surface area contributed by atoms with Crippen LogP contribution in [0.1, 0.15) is 12.0 Å². The van der Waals surface area contributed by atoms with E-state index in [2.05, 4.69) is 5.32 Å². The molecular formula is C18H19ClN2O5S. The number of hydrogen-bond acceptors (Lipinski definition) is 5. The highest BCUT2D eigenvalue weighted by Gasteiger charge is 2.22. The van der Waals surface area contributed by atoms with Gasteiger partial charge in [-0.2, -0.15) is 0 Å². The Morgan fingerprint density at radius 3 is 2.67 bits per heavy atom. The zero-order valence-electron chi connectivity index (χ0n) is 14.4. The summed E-state index contributed by atoms with van der Waals surface area (Å²) in [4.78, 5) is 12.0. The van der Waals surface area contributed by atoms with Crippen LogP contribution in [0.25, 0.3) is 0 Å². The number of rotatable bonds is 7. The van der Waals surface area contributed by atoms with Gasteiger partial charge in [0, 0.05) is 23.7 Å². The van der Waals surface area contributed by atoms with E-state index in [0.717, 1.165) is 6.42 Å². The first-order chi connectivity index (χ1) is 12.8. The van der Waals surface area contributed by atoms with Crippen LogP contribution in [-0.2, 0) is 26.0 Å². The van der Waals surface area contributed by atoms with Crippen LogP contribution in [0, 0.1) is 0 Å². The highest BCUT2D eigenvalue weighted by atomic mass is 35.5. The van der Waals surface area contributed by atoms with Crippen molar-refractivity contribution in [2.24, 2.45) is 5.14 Å². The zero-order chi connectivity index (χ0) is 19.4. The van der Waals surface area contributed by atoms with Crippen molar-refractivity contribution in [2.75, 3.05) is 18.5 Å². The van der Waals surface area contributed by atoms with Gasteiger partial charge in [0.25, 0.3) is 0 Å². The maximum absolute atomic E-state index is 12.2. The number of sulfonamides is 1. The number of amides is 1. The maximum Gasteiger partial charge on any atom is 0.241 e. The van der Waals surface area contributed by atoms with E-state index in [0.29, 0.717) is 22.9 Å². The second-order valence-corrected chi connectivity index (χ2v) is 8.05. The average molecular weight is 411 g/mol. The molecule has 1 unspecified atom stereocenters. The first kappa shape index (κ1) is 19.6. The van der Waals surface area contributed by atoms with Crippen LogP contribution in [0.15, 0.2) is 47.4 Å². The minimum Gasteiger partial charge on any atom is -0.489 e. The molecule has 0 bridgehead atoms. The predicted octanol–water partition coefficient (Wildman–Crippen LogP) is 2.34. The van der Waals surface area contributed by atoms with Crippen LogP contribution in [-0.4, -0.2) is 33.6 Å². The number of nitrogens with one attached hydrogen (secondary N) is 1. The lowest BCUT2D eigenvalue weighted by atomic mass is 10.1. The van der Waals surface area contributed by atoms with Crippen molar-refractivity contribution in [3.8, 4) is 5.75 Å². The minimum atomic E-state index is -4.03. The summed E-state index contributed by atoms with van der Waals surface area (Å²) in [6.45, 7) is 0.910. The summed E-state index contributed by atoms with van der Waals surface area (Å²) in [5, 5.41) is 8.42.